The lowest BCUT2D eigenvalue weighted by atomic mass is 10.1. The van der Waals surface area contributed by atoms with Gasteiger partial charge in [-0.25, -0.2) is 4.79 Å². The van der Waals surface area contributed by atoms with Gasteiger partial charge in [0.1, 0.15) is 0 Å². The molecule has 5 heteroatoms. The Morgan fingerprint density at radius 3 is 2.67 bits per heavy atom. The van der Waals surface area contributed by atoms with Crippen molar-refractivity contribution < 1.29 is 14.3 Å². The van der Waals surface area contributed by atoms with Gasteiger partial charge in [0, 0.05) is 19.6 Å². The molecule has 88 valence electrons. The molecule has 0 aromatic heterocycles. The van der Waals surface area contributed by atoms with E-state index in [2.05, 4.69) is 0 Å². The van der Waals surface area contributed by atoms with Crippen molar-refractivity contribution >= 4 is 6.09 Å². The number of hydrogen-bond donors (Lipinski definition) is 1. The van der Waals surface area contributed by atoms with E-state index >= 15 is 0 Å². The summed E-state index contributed by atoms with van der Waals surface area (Å²) in [4.78, 5) is 13.1. The highest BCUT2D eigenvalue weighted by molar-refractivity contribution is 5.67. The van der Waals surface area contributed by atoms with Crippen molar-refractivity contribution in [1.29, 1.82) is 0 Å². The lowest BCUT2D eigenvalue weighted by molar-refractivity contribution is 0.00989. The summed E-state index contributed by atoms with van der Waals surface area (Å²) in [5.41, 5.74) is 5.35. The molecule has 0 radical (unpaired) electrons. The van der Waals surface area contributed by atoms with E-state index in [1.165, 1.54) is 0 Å². The average molecular weight is 216 g/mol. The molecule has 1 aliphatic heterocycles. The summed E-state index contributed by atoms with van der Waals surface area (Å²) in [7, 11) is 0. The average Bonchev–Trinajstić information content (AvgIpc) is 2.27. The van der Waals surface area contributed by atoms with Crippen LogP contribution in [0.1, 0.15) is 19.8 Å². The van der Waals surface area contributed by atoms with Crippen molar-refractivity contribution in [2.75, 3.05) is 32.8 Å². The molecule has 0 aromatic carbocycles. The smallest absolute Gasteiger partial charge is 0.409 e. The van der Waals surface area contributed by atoms with Crippen LogP contribution in [0.25, 0.3) is 0 Å². The molecule has 1 aliphatic rings. The molecular formula is C10H20N2O3. The number of amides is 1. The molecule has 1 heterocycles. The monoisotopic (exact) mass is 216 g/mol. The van der Waals surface area contributed by atoms with Gasteiger partial charge in [0.15, 0.2) is 0 Å². The Balaban J connectivity index is 2.20. The highest BCUT2D eigenvalue weighted by Gasteiger charge is 2.23. The second-order valence-corrected chi connectivity index (χ2v) is 3.54. The molecular weight excluding hydrogens is 196 g/mol. The third-order valence-corrected chi connectivity index (χ3v) is 2.44. The van der Waals surface area contributed by atoms with Crippen LogP contribution in [-0.2, 0) is 9.47 Å². The second-order valence-electron chi connectivity index (χ2n) is 3.54. The lowest BCUT2D eigenvalue weighted by Crippen LogP contribution is -2.41. The lowest BCUT2D eigenvalue weighted by Gasteiger charge is -2.31. The van der Waals surface area contributed by atoms with E-state index in [0.717, 1.165) is 12.8 Å². The molecule has 0 aliphatic carbocycles. The van der Waals surface area contributed by atoms with Crippen LogP contribution in [0.5, 0.6) is 0 Å². The van der Waals surface area contributed by atoms with Crippen molar-refractivity contribution in [1.82, 2.24) is 4.90 Å². The van der Waals surface area contributed by atoms with Crippen LogP contribution < -0.4 is 5.73 Å². The SMILES string of the molecule is CCOC(=O)N1CCC(OCCN)CC1. The Hall–Kier alpha value is -0.810. The fraction of sp³-hybridized carbons (Fsp3) is 0.900. The van der Waals surface area contributed by atoms with Crippen LogP contribution in [-0.4, -0.2) is 49.9 Å². The largest absolute Gasteiger partial charge is 0.450 e. The molecule has 0 aromatic rings. The summed E-state index contributed by atoms with van der Waals surface area (Å²) in [6.45, 7) is 4.84. The highest BCUT2D eigenvalue weighted by Crippen LogP contribution is 2.14. The van der Waals surface area contributed by atoms with E-state index in [-0.39, 0.29) is 12.2 Å². The molecule has 0 spiro atoms. The first-order valence-electron chi connectivity index (χ1n) is 5.51. The number of piperidine rings is 1. The summed E-state index contributed by atoms with van der Waals surface area (Å²) in [6, 6.07) is 0. The number of carbonyl (C=O) groups is 1. The van der Waals surface area contributed by atoms with E-state index in [9.17, 15) is 4.79 Å². The number of rotatable bonds is 4. The van der Waals surface area contributed by atoms with Gasteiger partial charge < -0.3 is 20.1 Å². The molecule has 0 unspecified atom stereocenters. The van der Waals surface area contributed by atoms with Gasteiger partial charge in [-0.3, -0.25) is 0 Å². The summed E-state index contributed by atoms with van der Waals surface area (Å²) in [6.07, 6.45) is 1.78. The van der Waals surface area contributed by atoms with Crippen molar-refractivity contribution in [2.45, 2.75) is 25.9 Å². The Morgan fingerprint density at radius 2 is 2.13 bits per heavy atom. The number of ether oxygens (including phenoxy) is 2. The zero-order valence-corrected chi connectivity index (χ0v) is 9.28. The van der Waals surface area contributed by atoms with Gasteiger partial charge in [-0.2, -0.15) is 0 Å². The van der Waals surface area contributed by atoms with Crippen molar-refractivity contribution in [3.05, 3.63) is 0 Å². The number of nitrogens with two attached hydrogens (primary N) is 1. The number of likely N-dealkylation sites (tertiary alicyclic amines) is 1. The normalized spacial score (nSPS) is 17.9. The Morgan fingerprint density at radius 1 is 1.47 bits per heavy atom. The predicted octanol–water partition coefficient (Wildman–Crippen LogP) is 0.583. The summed E-state index contributed by atoms with van der Waals surface area (Å²) >= 11 is 0. The van der Waals surface area contributed by atoms with Gasteiger partial charge in [0.25, 0.3) is 0 Å². The van der Waals surface area contributed by atoms with E-state index < -0.39 is 0 Å². The van der Waals surface area contributed by atoms with E-state index in [4.69, 9.17) is 15.2 Å². The van der Waals surface area contributed by atoms with Crippen LogP contribution in [0.15, 0.2) is 0 Å². The number of carbonyl (C=O) groups excluding carboxylic acids is 1. The van der Waals surface area contributed by atoms with Crippen molar-refractivity contribution in [3.63, 3.8) is 0 Å². The van der Waals surface area contributed by atoms with Crippen LogP contribution in [0.4, 0.5) is 4.79 Å². The van der Waals surface area contributed by atoms with Crippen LogP contribution in [0, 0.1) is 0 Å². The predicted molar refractivity (Wildman–Crippen MR) is 56.6 cm³/mol. The van der Waals surface area contributed by atoms with E-state index in [1.54, 1.807) is 4.90 Å². The minimum absolute atomic E-state index is 0.213. The zero-order chi connectivity index (χ0) is 11.1. The molecule has 1 rings (SSSR count). The van der Waals surface area contributed by atoms with Gasteiger partial charge in [-0.15, -0.1) is 0 Å². The number of nitrogens with zero attached hydrogens (tertiary/aromatic N) is 1. The second kappa shape index (κ2) is 6.63. The van der Waals surface area contributed by atoms with Gasteiger partial charge >= 0.3 is 6.09 Å². The highest BCUT2D eigenvalue weighted by atomic mass is 16.6. The Kier molecular flexibility index (Phi) is 5.42. The summed E-state index contributed by atoms with van der Waals surface area (Å²) in [5, 5.41) is 0. The first-order chi connectivity index (χ1) is 7.27. The van der Waals surface area contributed by atoms with Crippen molar-refractivity contribution in [2.24, 2.45) is 5.73 Å². The molecule has 2 N–H and O–H groups in total. The zero-order valence-electron chi connectivity index (χ0n) is 9.28. The Labute approximate surface area is 90.5 Å². The van der Waals surface area contributed by atoms with E-state index in [0.29, 0.717) is 32.8 Å². The van der Waals surface area contributed by atoms with Gasteiger partial charge in [0.05, 0.1) is 19.3 Å². The topological polar surface area (TPSA) is 64.8 Å². The molecule has 5 nitrogen and oxygen atoms in total. The maximum absolute atomic E-state index is 11.4. The fourth-order valence-electron chi connectivity index (χ4n) is 1.65. The van der Waals surface area contributed by atoms with E-state index in [1.807, 2.05) is 6.92 Å². The van der Waals surface area contributed by atoms with Crippen LogP contribution in [0.3, 0.4) is 0 Å². The minimum atomic E-state index is -0.213. The van der Waals surface area contributed by atoms with Crippen LogP contribution >= 0.6 is 0 Å². The van der Waals surface area contributed by atoms with Gasteiger partial charge in [-0.05, 0) is 19.8 Å². The first kappa shape index (κ1) is 12.3. The first-order valence-corrected chi connectivity index (χ1v) is 5.51. The molecule has 1 fully saturated rings. The molecule has 15 heavy (non-hydrogen) atoms. The quantitative estimate of drug-likeness (QED) is 0.746. The molecule has 1 amide bonds. The molecule has 1 saturated heterocycles. The molecule has 0 atom stereocenters. The maximum atomic E-state index is 11.4. The molecule has 0 bridgehead atoms. The minimum Gasteiger partial charge on any atom is -0.450 e. The standard InChI is InChI=1S/C10H20N2O3/c1-2-14-10(13)12-6-3-9(4-7-12)15-8-5-11/h9H,2-8,11H2,1H3. The van der Waals surface area contributed by atoms with Crippen molar-refractivity contribution in [3.8, 4) is 0 Å². The third kappa shape index (κ3) is 4.05. The number of hydrogen-bond acceptors (Lipinski definition) is 4. The maximum Gasteiger partial charge on any atom is 0.409 e. The van der Waals surface area contributed by atoms with Gasteiger partial charge in [0.2, 0.25) is 0 Å². The molecule has 0 saturated carbocycles. The van der Waals surface area contributed by atoms with Crippen LogP contribution in [0.2, 0.25) is 0 Å². The third-order valence-electron chi connectivity index (χ3n) is 2.44. The Bertz CT molecular complexity index is 191. The summed E-state index contributed by atoms with van der Waals surface area (Å²) in [5.74, 6) is 0. The fourth-order valence-corrected chi connectivity index (χ4v) is 1.65. The van der Waals surface area contributed by atoms with Gasteiger partial charge in [-0.1, -0.05) is 0 Å². The summed E-state index contributed by atoms with van der Waals surface area (Å²) < 4.78 is 10.4.